The van der Waals surface area contributed by atoms with Gasteiger partial charge in [0.05, 0.1) is 10.6 Å². The third-order valence-electron chi connectivity index (χ3n) is 4.24. The van der Waals surface area contributed by atoms with E-state index in [1.807, 2.05) is 24.3 Å². The van der Waals surface area contributed by atoms with Crippen LogP contribution in [-0.2, 0) is 16.5 Å². The summed E-state index contributed by atoms with van der Waals surface area (Å²) in [5.74, 6) is 0. The number of rotatable bonds is 5. The molecule has 0 saturated carbocycles. The van der Waals surface area contributed by atoms with Gasteiger partial charge in [-0.15, -0.1) is 0 Å². The second-order valence-electron chi connectivity index (χ2n) is 5.94. The molecular weight excluding hydrogens is 340 g/mol. The Morgan fingerprint density at radius 3 is 2.56 bits per heavy atom. The zero-order valence-corrected chi connectivity index (χ0v) is 14.7. The van der Waals surface area contributed by atoms with Gasteiger partial charge < -0.3 is 5.32 Å². The van der Waals surface area contributed by atoms with E-state index in [1.54, 1.807) is 11.0 Å². The number of hydrogen-bond acceptors (Lipinski definition) is 3. The molecule has 0 unspecified atom stereocenters. The first-order valence-electron chi connectivity index (χ1n) is 8.17. The number of urea groups is 1. The molecule has 2 amide bonds. The van der Waals surface area contributed by atoms with Gasteiger partial charge >= 0.3 is 6.03 Å². The lowest BCUT2D eigenvalue weighted by Gasteiger charge is -2.21. The molecule has 7 heteroatoms. The summed E-state index contributed by atoms with van der Waals surface area (Å²) in [6.07, 6.45) is 1.77. The van der Waals surface area contributed by atoms with Gasteiger partial charge in [-0.2, -0.15) is 8.42 Å². The standard InChI is InChI=1S/C18H20N2O4S/c1-2-5-13-6-3-4-7-15(13)16-12-14(25(22,23)24)8-9-17(16)20-11-10-19-18(20)21/h3-4,6-9,12H,2,5,10-11H2,1H3,(H,19,21)(H,22,23,24). The second kappa shape index (κ2) is 6.85. The number of anilines is 1. The van der Waals surface area contributed by atoms with Crippen LogP contribution < -0.4 is 10.2 Å². The Balaban J connectivity index is 2.23. The number of amides is 2. The average Bonchev–Trinajstić information content (AvgIpc) is 3.00. The van der Waals surface area contributed by atoms with E-state index in [1.165, 1.54) is 12.1 Å². The van der Waals surface area contributed by atoms with Gasteiger partial charge in [0.1, 0.15) is 0 Å². The molecule has 25 heavy (non-hydrogen) atoms. The summed E-state index contributed by atoms with van der Waals surface area (Å²) in [5.41, 5.74) is 3.19. The number of aryl methyl sites for hydroxylation is 1. The number of carbonyl (C=O) groups is 1. The molecule has 0 spiro atoms. The lowest BCUT2D eigenvalue weighted by atomic mass is 9.95. The molecule has 1 fully saturated rings. The Bertz CT molecular complexity index is 909. The summed E-state index contributed by atoms with van der Waals surface area (Å²) in [6, 6.07) is 11.8. The van der Waals surface area contributed by atoms with E-state index < -0.39 is 10.1 Å². The zero-order chi connectivity index (χ0) is 18.0. The third-order valence-corrected chi connectivity index (χ3v) is 5.09. The fraction of sp³-hybridized carbons (Fsp3) is 0.278. The fourth-order valence-corrected chi connectivity index (χ4v) is 3.61. The predicted octanol–water partition coefficient (Wildman–Crippen LogP) is 3.08. The predicted molar refractivity (Wildman–Crippen MR) is 96.4 cm³/mol. The van der Waals surface area contributed by atoms with Gasteiger partial charge in [-0.05, 0) is 35.7 Å². The fourth-order valence-electron chi connectivity index (χ4n) is 3.10. The number of nitrogens with zero attached hydrogens (tertiary/aromatic N) is 1. The molecule has 0 radical (unpaired) electrons. The molecule has 2 aromatic carbocycles. The molecule has 0 bridgehead atoms. The van der Waals surface area contributed by atoms with Gasteiger partial charge in [0, 0.05) is 18.7 Å². The van der Waals surface area contributed by atoms with E-state index in [4.69, 9.17) is 0 Å². The van der Waals surface area contributed by atoms with Crippen LogP contribution in [0, 0.1) is 0 Å². The zero-order valence-electron chi connectivity index (χ0n) is 13.9. The van der Waals surface area contributed by atoms with E-state index >= 15 is 0 Å². The van der Waals surface area contributed by atoms with Crippen molar-refractivity contribution in [3.8, 4) is 11.1 Å². The van der Waals surface area contributed by atoms with Gasteiger partial charge in [0.15, 0.2) is 0 Å². The molecule has 1 saturated heterocycles. The minimum atomic E-state index is -4.33. The Labute approximate surface area is 147 Å². The van der Waals surface area contributed by atoms with E-state index in [2.05, 4.69) is 12.2 Å². The van der Waals surface area contributed by atoms with Crippen molar-refractivity contribution in [2.24, 2.45) is 0 Å². The van der Waals surface area contributed by atoms with Gasteiger partial charge in [0.25, 0.3) is 10.1 Å². The van der Waals surface area contributed by atoms with Crippen LogP contribution in [0.3, 0.4) is 0 Å². The van der Waals surface area contributed by atoms with Crippen molar-refractivity contribution < 1.29 is 17.8 Å². The van der Waals surface area contributed by atoms with E-state index in [9.17, 15) is 17.8 Å². The van der Waals surface area contributed by atoms with Crippen molar-refractivity contribution in [1.29, 1.82) is 0 Å². The first kappa shape index (κ1) is 17.4. The molecule has 2 aromatic rings. The SMILES string of the molecule is CCCc1ccccc1-c1cc(S(=O)(=O)O)ccc1N1CCNC1=O. The first-order valence-corrected chi connectivity index (χ1v) is 9.61. The summed E-state index contributed by atoms with van der Waals surface area (Å²) in [7, 11) is -4.33. The first-order chi connectivity index (χ1) is 11.9. The van der Waals surface area contributed by atoms with Crippen molar-refractivity contribution in [2.45, 2.75) is 24.7 Å². The monoisotopic (exact) mass is 360 g/mol. The van der Waals surface area contributed by atoms with Crippen molar-refractivity contribution in [2.75, 3.05) is 18.0 Å². The van der Waals surface area contributed by atoms with Gasteiger partial charge in [-0.1, -0.05) is 37.6 Å². The lowest BCUT2D eigenvalue weighted by Crippen LogP contribution is -2.28. The van der Waals surface area contributed by atoms with Crippen LogP contribution in [0.25, 0.3) is 11.1 Å². The highest BCUT2D eigenvalue weighted by Gasteiger charge is 2.26. The highest BCUT2D eigenvalue weighted by molar-refractivity contribution is 7.85. The molecule has 3 rings (SSSR count). The molecule has 0 aliphatic carbocycles. The molecule has 2 N–H and O–H groups in total. The highest BCUT2D eigenvalue weighted by atomic mass is 32.2. The maximum absolute atomic E-state index is 12.1. The van der Waals surface area contributed by atoms with Crippen LogP contribution in [0.1, 0.15) is 18.9 Å². The summed E-state index contributed by atoms with van der Waals surface area (Å²) >= 11 is 0. The van der Waals surface area contributed by atoms with Gasteiger partial charge in [-0.25, -0.2) is 4.79 Å². The van der Waals surface area contributed by atoms with Crippen LogP contribution in [0.4, 0.5) is 10.5 Å². The summed E-state index contributed by atoms with van der Waals surface area (Å²) < 4.78 is 32.6. The van der Waals surface area contributed by atoms with E-state index in [0.29, 0.717) is 24.3 Å². The summed E-state index contributed by atoms with van der Waals surface area (Å²) in [4.78, 5) is 13.5. The third kappa shape index (κ3) is 3.52. The van der Waals surface area contributed by atoms with Crippen LogP contribution in [0.15, 0.2) is 47.4 Å². The Morgan fingerprint density at radius 1 is 1.16 bits per heavy atom. The van der Waals surface area contributed by atoms with Crippen molar-refractivity contribution >= 4 is 21.8 Å². The topological polar surface area (TPSA) is 86.7 Å². The molecule has 0 aromatic heterocycles. The molecule has 1 aliphatic heterocycles. The number of carbonyl (C=O) groups excluding carboxylic acids is 1. The van der Waals surface area contributed by atoms with Crippen LogP contribution >= 0.6 is 0 Å². The van der Waals surface area contributed by atoms with Crippen molar-refractivity contribution in [3.63, 3.8) is 0 Å². The molecular formula is C18H20N2O4S. The summed E-state index contributed by atoms with van der Waals surface area (Å²) in [5, 5.41) is 2.75. The number of hydrogen-bond donors (Lipinski definition) is 2. The largest absolute Gasteiger partial charge is 0.336 e. The number of benzene rings is 2. The normalized spacial score (nSPS) is 14.6. The second-order valence-corrected chi connectivity index (χ2v) is 7.37. The average molecular weight is 360 g/mol. The molecule has 6 nitrogen and oxygen atoms in total. The quantitative estimate of drug-likeness (QED) is 0.802. The van der Waals surface area contributed by atoms with Crippen molar-refractivity contribution in [1.82, 2.24) is 5.32 Å². The number of nitrogens with one attached hydrogen (secondary N) is 1. The molecule has 0 atom stereocenters. The Kier molecular flexibility index (Phi) is 4.78. The van der Waals surface area contributed by atoms with Gasteiger partial charge in [-0.3, -0.25) is 9.45 Å². The maximum atomic E-state index is 12.1. The van der Waals surface area contributed by atoms with Crippen molar-refractivity contribution in [3.05, 3.63) is 48.0 Å². The smallest absolute Gasteiger partial charge is 0.322 e. The van der Waals surface area contributed by atoms with Gasteiger partial charge in [0.2, 0.25) is 0 Å². The lowest BCUT2D eigenvalue weighted by molar-refractivity contribution is 0.252. The molecule has 1 aliphatic rings. The van der Waals surface area contributed by atoms with Crippen LogP contribution in [0.5, 0.6) is 0 Å². The van der Waals surface area contributed by atoms with Crippen LogP contribution in [0.2, 0.25) is 0 Å². The molecule has 132 valence electrons. The van der Waals surface area contributed by atoms with E-state index in [0.717, 1.165) is 24.0 Å². The van der Waals surface area contributed by atoms with Crippen LogP contribution in [-0.4, -0.2) is 32.1 Å². The minimum Gasteiger partial charge on any atom is -0.336 e. The molecule has 1 heterocycles. The summed E-state index contributed by atoms with van der Waals surface area (Å²) in [6.45, 7) is 3.11. The minimum absolute atomic E-state index is 0.183. The van der Waals surface area contributed by atoms with E-state index in [-0.39, 0.29) is 10.9 Å². The highest BCUT2D eigenvalue weighted by Crippen LogP contribution is 2.36. The Hall–Kier alpha value is -2.38. The Morgan fingerprint density at radius 2 is 1.92 bits per heavy atom. The maximum Gasteiger partial charge on any atom is 0.322 e.